The second-order valence-electron chi connectivity index (χ2n) is 12.3. The fourth-order valence-corrected chi connectivity index (χ4v) is 7.51. The summed E-state index contributed by atoms with van der Waals surface area (Å²) in [6.45, 7) is 4.51. The van der Waals surface area contributed by atoms with Crippen LogP contribution >= 0.6 is 0 Å². The van der Waals surface area contributed by atoms with E-state index in [1.807, 2.05) is 18.2 Å². The number of piperazine rings is 1. The summed E-state index contributed by atoms with van der Waals surface area (Å²) in [5.41, 5.74) is 5.90. The van der Waals surface area contributed by atoms with Crippen LogP contribution in [0.1, 0.15) is 29.5 Å². The lowest BCUT2D eigenvalue weighted by atomic mass is 9.56. The summed E-state index contributed by atoms with van der Waals surface area (Å²) in [6, 6.07) is 9.09. The van der Waals surface area contributed by atoms with Gasteiger partial charge in [-0.15, -0.1) is 0 Å². The van der Waals surface area contributed by atoms with Crippen LogP contribution in [0.4, 0.5) is 0 Å². The molecule has 0 spiro atoms. The normalized spacial score (nSPS) is 29.6. The lowest BCUT2D eigenvalue weighted by molar-refractivity contribution is -0.174. The van der Waals surface area contributed by atoms with Gasteiger partial charge in [-0.25, -0.2) is 0 Å². The maximum Gasteiger partial charge on any atom is 0.230 e. The van der Waals surface area contributed by atoms with Crippen LogP contribution in [-0.4, -0.2) is 99.7 Å². The maximum absolute atomic E-state index is 13.8. The Hall–Kier alpha value is -3.77. The van der Waals surface area contributed by atoms with Crippen LogP contribution in [0.5, 0.6) is 11.5 Å². The monoisotopic (exact) mass is 591 g/mol. The van der Waals surface area contributed by atoms with Gasteiger partial charge in [-0.2, -0.15) is 0 Å². The van der Waals surface area contributed by atoms with Crippen molar-refractivity contribution in [3.63, 3.8) is 0 Å². The number of nitrogens with zero attached hydrogens (tertiary/aromatic N) is 2. The number of amides is 1. The highest BCUT2D eigenvalue weighted by Gasteiger charge is 2.64. The zero-order chi connectivity index (χ0) is 30.8. The van der Waals surface area contributed by atoms with Gasteiger partial charge in [-0.3, -0.25) is 19.3 Å². The molecule has 2 saturated carbocycles. The van der Waals surface area contributed by atoms with E-state index in [4.69, 9.17) is 10.5 Å². The first-order chi connectivity index (χ1) is 20.4. The number of aliphatic hydroxyl groups is 3. The number of hydrogen-bond acceptors (Lipinski definition) is 10. The summed E-state index contributed by atoms with van der Waals surface area (Å²) in [5.74, 6) is -6.54. The predicted molar refractivity (Wildman–Crippen MR) is 156 cm³/mol. The number of aromatic hydroxyl groups is 1. The summed E-state index contributed by atoms with van der Waals surface area (Å²) in [5, 5.41) is 44.3. The molecule has 11 nitrogen and oxygen atoms in total. The van der Waals surface area contributed by atoms with Crippen LogP contribution in [0.25, 0.3) is 16.9 Å². The van der Waals surface area contributed by atoms with E-state index in [1.165, 1.54) is 6.07 Å². The minimum atomic E-state index is -2.60. The molecule has 6 N–H and O–H groups in total. The molecular weight excluding hydrogens is 554 g/mol. The number of benzene rings is 2. The van der Waals surface area contributed by atoms with Crippen molar-refractivity contribution >= 4 is 23.2 Å². The fraction of sp³-hybridized carbons (Fsp3) is 0.469. The van der Waals surface area contributed by atoms with Gasteiger partial charge in [0.15, 0.2) is 11.4 Å². The van der Waals surface area contributed by atoms with Crippen molar-refractivity contribution in [1.29, 1.82) is 0 Å². The van der Waals surface area contributed by atoms with Gasteiger partial charge in [-0.05, 0) is 67.1 Å². The summed E-state index contributed by atoms with van der Waals surface area (Å²) in [4.78, 5) is 43.6. The van der Waals surface area contributed by atoms with Gasteiger partial charge < -0.3 is 35.8 Å². The molecule has 1 heterocycles. The average Bonchev–Trinajstić information content (AvgIpc) is 2.96. The molecule has 1 amide bonds. The Kier molecular flexibility index (Phi) is 7.32. The average molecular weight is 592 g/mol. The standard InChI is InChI=1S/C32H37N3O8/c1-34-7-9-35(10-8-34)15-18-11-16(3-6-24(18)43-2)20-4-5-22(36)26-21(20)13-17-12-19-14-23(37)27(31(33)41)30(40)32(19,42)29(39)25(17)28(26)38/h3-6,11,17,19,23,27,36-38,42H,7-10,12-15H2,1-2H3,(H2,33,41)/t17-,19+,23?,27?,32+/m1/s1. The third-order valence-electron chi connectivity index (χ3n) is 9.85. The number of Topliss-reactive ketones (excluding diaryl/α,β-unsaturated/α-hetero) is 2. The van der Waals surface area contributed by atoms with E-state index in [0.717, 1.165) is 48.6 Å². The van der Waals surface area contributed by atoms with Crippen LogP contribution in [-0.2, 0) is 27.3 Å². The van der Waals surface area contributed by atoms with E-state index < -0.39 is 52.7 Å². The molecule has 11 heteroatoms. The van der Waals surface area contributed by atoms with Crippen molar-refractivity contribution < 1.29 is 39.5 Å². The van der Waals surface area contributed by atoms with Gasteiger partial charge >= 0.3 is 0 Å². The molecule has 3 aliphatic carbocycles. The molecule has 0 bridgehead atoms. The molecule has 2 aromatic rings. The number of rotatable bonds is 5. The number of phenolic OH excluding ortho intramolecular Hbond substituents is 1. The van der Waals surface area contributed by atoms with Crippen LogP contribution < -0.4 is 10.5 Å². The highest BCUT2D eigenvalue weighted by atomic mass is 16.5. The smallest absolute Gasteiger partial charge is 0.230 e. The summed E-state index contributed by atoms with van der Waals surface area (Å²) < 4.78 is 5.67. The second kappa shape index (κ2) is 10.7. The number of ether oxygens (including phenoxy) is 1. The van der Waals surface area contributed by atoms with Gasteiger partial charge in [0.25, 0.3) is 0 Å². The van der Waals surface area contributed by atoms with Crippen LogP contribution in [0, 0.1) is 17.8 Å². The number of ketones is 2. The molecule has 4 aliphatic rings. The Morgan fingerprint density at radius 3 is 2.49 bits per heavy atom. The Bertz CT molecular complexity index is 1550. The van der Waals surface area contributed by atoms with Crippen molar-refractivity contribution in [2.45, 2.75) is 37.5 Å². The lowest BCUT2D eigenvalue weighted by Gasteiger charge is -2.48. The van der Waals surface area contributed by atoms with Gasteiger partial charge in [0.05, 0.1) is 18.8 Å². The molecule has 43 heavy (non-hydrogen) atoms. The highest BCUT2D eigenvalue weighted by Crippen LogP contribution is 2.52. The van der Waals surface area contributed by atoms with Crippen molar-refractivity contribution in [3.05, 3.63) is 52.6 Å². The van der Waals surface area contributed by atoms with E-state index in [2.05, 4.69) is 16.8 Å². The first-order valence-electron chi connectivity index (χ1n) is 14.6. The minimum absolute atomic E-state index is 0.0744. The van der Waals surface area contributed by atoms with Gasteiger partial charge in [0, 0.05) is 49.8 Å². The molecule has 5 atom stereocenters. The van der Waals surface area contributed by atoms with E-state index in [0.29, 0.717) is 12.1 Å². The maximum atomic E-state index is 13.8. The number of nitrogens with two attached hydrogens (primary N) is 1. The van der Waals surface area contributed by atoms with Crippen molar-refractivity contribution in [1.82, 2.24) is 9.80 Å². The van der Waals surface area contributed by atoms with Crippen molar-refractivity contribution in [2.24, 2.45) is 23.5 Å². The molecule has 228 valence electrons. The zero-order valence-corrected chi connectivity index (χ0v) is 24.2. The first-order valence-corrected chi connectivity index (χ1v) is 14.6. The minimum Gasteiger partial charge on any atom is -0.507 e. The molecule has 6 rings (SSSR count). The Morgan fingerprint density at radius 1 is 1.09 bits per heavy atom. The molecule has 2 aromatic carbocycles. The van der Waals surface area contributed by atoms with Gasteiger partial charge in [-0.1, -0.05) is 12.1 Å². The van der Waals surface area contributed by atoms with Crippen molar-refractivity contribution in [2.75, 3.05) is 40.3 Å². The summed E-state index contributed by atoms with van der Waals surface area (Å²) in [7, 11) is 3.74. The number of phenols is 1. The van der Waals surface area contributed by atoms with E-state index in [-0.39, 0.29) is 36.1 Å². The Balaban J connectivity index is 1.41. The van der Waals surface area contributed by atoms with Crippen LogP contribution in [0.3, 0.4) is 0 Å². The number of likely N-dealkylation sites (N-methyl/N-ethyl adjacent to an activating group) is 1. The number of primary amides is 1. The Morgan fingerprint density at radius 2 is 1.81 bits per heavy atom. The predicted octanol–water partition coefficient (Wildman–Crippen LogP) is 1.01. The van der Waals surface area contributed by atoms with Crippen molar-refractivity contribution in [3.8, 4) is 22.6 Å². The third kappa shape index (κ3) is 4.62. The largest absolute Gasteiger partial charge is 0.507 e. The molecule has 1 aliphatic heterocycles. The van der Waals surface area contributed by atoms with Gasteiger partial charge in [0.2, 0.25) is 11.7 Å². The molecule has 0 radical (unpaired) electrons. The molecule has 1 saturated heterocycles. The lowest BCUT2D eigenvalue weighted by Crippen LogP contribution is -2.66. The summed E-state index contributed by atoms with van der Waals surface area (Å²) in [6.07, 6.45) is -1.22. The molecule has 3 fully saturated rings. The SMILES string of the molecule is COc1ccc(-c2ccc(O)c3c2C[C@H]2C[C@H]4CC(O)C(C(N)=O)C(=O)[C@@]4(O)C(=O)C2=C3O)cc1CN1CCN(C)CC1. The number of aliphatic hydroxyl groups excluding tert-OH is 2. The molecular formula is C32H37N3O8. The fourth-order valence-electron chi connectivity index (χ4n) is 7.51. The van der Waals surface area contributed by atoms with E-state index in [9.17, 15) is 34.8 Å². The molecule has 0 aromatic heterocycles. The van der Waals surface area contributed by atoms with E-state index in [1.54, 1.807) is 13.2 Å². The number of carbonyl (C=O) groups excluding carboxylic acids is 3. The highest BCUT2D eigenvalue weighted by molar-refractivity contribution is 6.24. The quantitative estimate of drug-likeness (QED) is 0.316. The topological polar surface area (TPSA) is 174 Å². The number of hydrogen-bond donors (Lipinski definition) is 5. The first kappa shape index (κ1) is 29.3. The zero-order valence-electron chi connectivity index (χ0n) is 24.2. The van der Waals surface area contributed by atoms with Gasteiger partial charge in [0.1, 0.15) is 23.2 Å². The van der Waals surface area contributed by atoms with E-state index >= 15 is 0 Å². The van der Waals surface area contributed by atoms with Crippen LogP contribution in [0.15, 0.2) is 35.9 Å². The third-order valence-corrected chi connectivity index (χ3v) is 9.85. The number of fused-ring (bicyclic) bond motifs is 3. The summed E-state index contributed by atoms with van der Waals surface area (Å²) >= 11 is 0. The number of carbonyl (C=O) groups is 3. The number of methoxy groups -OCH3 is 1. The molecule has 2 unspecified atom stereocenters. The van der Waals surface area contributed by atoms with Crippen LogP contribution in [0.2, 0.25) is 0 Å². The Labute approximate surface area is 249 Å². The second-order valence-corrected chi connectivity index (χ2v) is 12.3.